The van der Waals surface area contributed by atoms with Crippen molar-refractivity contribution in [2.75, 3.05) is 16.2 Å². The van der Waals surface area contributed by atoms with Crippen molar-refractivity contribution in [1.82, 2.24) is 0 Å². The Labute approximate surface area is 188 Å². The van der Waals surface area contributed by atoms with Crippen molar-refractivity contribution in [2.24, 2.45) is 0 Å². The van der Waals surface area contributed by atoms with Crippen LogP contribution in [0.3, 0.4) is 0 Å². The Balaban J connectivity index is 1.96. The molecule has 0 heterocycles. The minimum absolute atomic E-state index is 0.108. The lowest BCUT2D eigenvalue weighted by atomic mass is 10.2. The third kappa shape index (κ3) is 5.29. The van der Waals surface area contributed by atoms with Crippen LogP contribution in [0.4, 0.5) is 11.4 Å². The maximum atomic E-state index is 13.3. The Kier molecular flexibility index (Phi) is 6.81. The lowest BCUT2D eigenvalue weighted by Crippen LogP contribution is -2.38. The number of carbonyl (C=O) groups is 1. The highest BCUT2D eigenvalue weighted by molar-refractivity contribution is 14.1. The molecule has 1 N–H and O–H groups in total. The predicted octanol–water partition coefficient (Wildman–Crippen LogP) is 5.09. The number of nitrogens with zero attached hydrogens (tertiary/aromatic N) is 1. The molecule has 0 aliphatic carbocycles. The summed E-state index contributed by atoms with van der Waals surface area (Å²) >= 11 is 8.20. The highest BCUT2D eigenvalue weighted by Gasteiger charge is 2.28. The molecule has 3 aromatic carbocycles. The summed E-state index contributed by atoms with van der Waals surface area (Å²) in [4.78, 5) is 12.8. The van der Waals surface area contributed by atoms with Crippen LogP contribution in [-0.2, 0) is 14.8 Å². The number of anilines is 2. The summed E-state index contributed by atoms with van der Waals surface area (Å²) in [5.41, 5.74) is 1.65. The van der Waals surface area contributed by atoms with E-state index in [1.807, 2.05) is 12.1 Å². The lowest BCUT2D eigenvalue weighted by molar-refractivity contribution is -0.114. The Morgan fingerprint density at radius 2 is 1.69 bits per heavy atom. The number of halogens is 2. The second kappa shape index (κ2) is 9.15. The van der Waals surface area contributed by atoms with Gasteiger partial charge in [0.15, 0.2) is 0 Å². The van der Waals surface area contributed by atoms with Crippen LogP contribution in [0.25, 0.3) is 0 Å². The average molecular weight is 541 g/mol. The first-order valence-electron chi connectivity index (χ1n) is 8.67. The second-order valence-corrected chi connectivity index (χ2v) is 9.85. The zero-order valence-electron chi connectivity index (χ0n) is 15.5. The molecule has 0 bridgehead atoms. The molecule has 0 aliphatic rings. The van der Waals surface area contributed by atoms with E-state index in [2.05, 4.69) is 27.9 Å². The van der Waals surface area contributed by atoms with E-state index in [4.69, 9.17) is 11.6 Å². The molecular weight excluding hydrogens is 523 g/mol. The standard InChI is InChI=1S/C21H18ClIN2O3S/c1-15-13-16(22)7-12-20(15)25(29(27,28)19-5-3-2-4-6-19)14-21(26)24-18-10-8-17(23)9-11-18/h2-13H,14H2,1H3,(H,24,26). The highest BCUT2D eigenvalue weighted by Crippen LogP contribution is 2.29. The van der Waals surface area contributed by atoms with Crippen LogP contribution in [0.2, 0.25) is 5.02 Å². The summed E-state index contributed by atoms with van der Waals surface area (Å²) in [6.45, 7) is 1.39. The quantitative estimate of drug-likeness (QED) is 0.443. The van der Waals surface area contributed by atoms with E-state index in [0.29, 0.717) is 22.0 Å². The van der Waals surface area contributed by atoms with E-state index < -0.39 is 15.9 Å². The van der Waals surface area contributed by atoms with Crippen LogP contribution >= 0.6 is 34.2 Å². The predicted molar refractivity (Wildman–Crippen MR) is 125 cm³/mol. The zero-order valence-corrected chi connectivity index (χ0v) is 19.2. The van der Waals surface area contributed by atoms with Gasteiger partial charge in [-0.05, 0) is 89.7 Å². The van der Waals surface area contributed by atoms with Gasteiger partial charge in [0.05, 0.1) is 10.6 Å². The van der Waals surface area contributed by atoms with Crippen molar-refractivity contribution in [3.05, 3.63) is 87.0 Å². The molecule has 3 aromatic rings. The van der Waals surface area contributed by atoms with Crippen LogP contribution in [0.1, 0.15) is 5.56 Å². The van der Waals surface area contributed by atoms with Gasteiger partial charge in [0, 0.05) is 14.3 Å². The van der Waals surface area contributed by atoms with Gasteiger partial charge in [0.2, 0.25) is 5.91 Å². The number of sulfonamides is 1. The molecule has 0 radical (unpaired) electrons. The molecule has 0 spiro atoms. The SMILES string of the molecule is Cc1cc(Cl)ccc1N(CC(=O)Nc1ccc(I)cc1)S(=O)(=O)c1ccccc1. The zero-order chi connectivity index (χ0) is 21.0. The van der Waals surface area contributed by atoms with E-state index >= 15 is 0 Å². The molecular formula is C21H18ClIN2O3S. The van der Waals surface area contributed by atoms with Gasteiger partial charge in [-0.2, -0.15) is 0 Å². The van der Waals surface area contributed by atoms with Gasteiger partial charge in [-0.15, -0.1) is 0 Å². The van der Waals surface area contributed by atoms with E-state index in [9.17, 15) is 13.2 Å². The van der Waals surface area contributed by atoms with E-state index in [1.165, 1.54) is 12.1 Å². The molecule has 29 heavy (non-hydrogen) atoms. The number of hydrogen-bond acceptors (Lipinski definition) is 3. The first-order valence-corrected chi connectivity index (χ1v) is 11.6. The summed E-state index contributed by atoms with van der Waals surface area (Å²) in [6, 6.07) is 20.2. The number of amides is 1. The second-order valence-electron chi connectivity index (χ2n) is 6.31. The molecule has 150 valence electrons. The van der Waals surface area contributed by atoms with Crippen LogP contribution in [0.5, 0.6) is 0 Å². The number of benzene rings is 3. The lowest BCUT2D eigenvalue weighted by Gasteiger charge is -2.25. The van der Waals surface area contributed by atoms with Crippen molar-refractivity contribution >= 4 is 61.5 Å². The Morgan fingerprint density at radius 1 is 1.03 bits per heavy atom. The van der Waals surface area contributed by atoms with E-state index in [0.717, 1.165) is 7.88 Å². The summed E-state index contributed by atoms with van der Waals surface area (Å²) in [7, 11) is -3.96. The summed E-state index contributed by atoms with van der Waals surface area (Å²) < 4.78 is 28.8. The van der Waals surface area contributed by atoms with Gasteiger partial charge in [-0.3, -0.25) is 9.10 Å². The van der Waals surface area contributed by atoms with Crippen molar-refractivity contribution < 1.29 is 13.2 Å². The molecule has 0 saturated heterocycles. The first-order chi connectivity index (χ1) is 13.8. The number of aryl methyl sites for hydroxylation is 1. The number of hydrogen-bond donors (Lipinski definition) is 1. The topological polar surface area (TPSA) is 66.5 Å². The smallest absolute Gasteiger partial charge is 0.264 e. The van der Waals surface area contributed by atoms with Crippen LogP contribution in [0.15, 0.2) is 77.7 Å². The monoisotopic (exact) mass is 540 g/mol. The third-order valence-electron chi connectivity index (χ3n) is 4.17. The summed E-state index contributed by atoms with van der Waals surface area (Å²) in [6.07, 6.45) is 0. The average Bonchev–Trinajstić information content (AvgIpc) is 2.69. The maximum absolute atomic E-state index is 13.3. The Morgan fingerprint density at radius 3 is 2.31 bits per heavy atom. The van der Waals surface area contributed by atoms with Crippen LogP contribution in [-0.4, -0.2) is 20.9 Å². The molecule has 0 atom stereocenters. The fraction of sp³-hybridized carbons (Fsp3) is 0.0952. The molecule has 0 saturated carbocycles. The Bertz CT molecular complexity index is 1120. The fourth-order valence-electron chi connectivity index (χ4n) is 2.78. The van der Waals surface area contributed by atoms with Gasteiger partial charge < -0.3 is 5.32 Å². The minimum Gasteiger partial charge on any atom is -0.325 e. The van der Waals surface area contributed by atoms with Crippen LogP contribution < -0.4 is 9.62 Å². The molecule has 5 nitrogen and oxygen atoms in total. The molecule has 3 rings (SSSR count). The maximum Gasteiger partial charge on any atom is 0.264 e. The molecule has 1 amide bonds. The van der Waals surface area contributed by atoms with Gasteiger partial charge >= 0.3 is 0 Å². The summed E-state index contributed by atoms with van der Waals surface area (Å²) in [5.74, 6) is -0.444. The summed E-state index contributed by atoms with van der Waals surface area (Å²) in [5, 5.41) is 3.24. The molecule has 0 fully saturated rings. The normalized spacial score (nSPS) is 11.1. The van der Waals surface area contributed by atoms with Crippen molar-refractivity contribution in [3.8, 4) is 0 Å². The highest BCUT2D eigenvalue weighted by atomic mass is 127. The minimum atomic E-state index is -3.96. The first kappa shape index (κ1) is 21.6. The van der Waals surface area contributed by atoms with Gasteiger partial charge in [-0.25, -0.2) is 8.42 Å². The molecule has 0 aromatic heterocycles. The number of rotatable bonds is 6. The van der Waals surface area contributed by atoms with Gasteiger partial charge in [0.1, 0.15) is 6.54 Å². The van der Waals surface area contributed by atoms with Gasteiger partial charge in [-0.1, -0.05) is 29.8 Å². The van der Waals surface area contributed by atoms with E-state index in [1.54, 1.807) is 55.5 Å². The Hall–Kier alpha value is -2.10. The van der Waals surface area contributed by atoms with Crippen LogP contribution in [0, 0.1) is 10.5 Å². The third-order valence-corrected chi connectivity index (χ3v) is 6.90. The largest absolute Gasteiger partial charge is 0.325 e. The molecule has 0 aliphatic heterocycles. The fourth-order valence-corrected chi connectivity index (χ4v) is 4.88. The van der Waals surface area contributed by atoms with E-state index in [-0.39, 0.29) is 11.4 Å². The van der Waals surface area contributed by atoms with Crippen molar-refractivity contribution in [2.45, 2.75) is 11.8 Å². The van der Waals surface area contributed by atoms with Gasteiger partial charge in [0.25, 0.3) is 10.0 Å². The van der Waals surface area contributed by atoms with Crippen molar-refractivity contribution in [1.29, 1.82) is 0 Å². The molecule has 8 heteroatoms. The molecule has 0 unspecified atom stereocenters. The van der Waals surface area contributed by atoms with Crippen molar-refractivity contribution in [3.63, 3.8) is 0 Å². The number of nitrogens with one attached hydrogen (secondary N) is 1. The number of carbonyl (C=O) groups excluding carboxylic acids is 1.